The number of amides is 2. The van der Waals surface area contributed by atoms with E-state index in [-0.39, 0.29) is 18.4 Å². The van der Waals surface area contributed by atoms with Gasteiger partial charge in [-0.3, -0.25) is 4.79 Å². The Morgan fingerprint density at radius 3 is 2.00 bits per heavy atom. The maximum Gasteiger partial charge on any atom is 0.323 e. The van der Waals surface area contributed by atoms with E-state index in [1.165, 1.54) is 0 Å². The molecule has 0 aromatic heterocycles. The quantitative estimate of drug-likeness (QED) is 0.326. The van der Waals surface area contributed by atoms with Gasteiger partial charge in [0.15, 0.2) is 0 Å². The monoisotopic (exact) mass is 452 g/mol. The highest BCUT2D eigenvalue weighted by molar-refractivity contribution is 6.00. The Hall–Kier alpha value is -2.82. The summed E-state index contributed by atoms with van der Waals surface area (Å²) in [5.41, 5.74) is 4.69. The van der Waals surface area contributed by atoms with Crippen LogP contribution in [0, 0.1) is 18.8 Å². The topological polar surface area (TPSA) is 78.4 Å². The molecule has 5 nitrogen and oxygen atoms in total. The molecule has 1 atom stereocenters. The Morgan fingerprint density at radius 2 is 1.48 bits per heavy atom. The van der Waals surface area contributed by atoms with Gasteiger partial charge in [0.25, 0.3) is 0 Å². The molecule has 2 aromatic rings. The predicted molar refractivity (Wildman–Crippen MR) is 137 cm³/mol. The van der Waals surface area contributed by atoms with Crippen molar-refractivity contribution in [2.75, 3.05) is 10.6 Å². The summed E-state index contributed by atoms with van der Waals surface area (Å²) in [5.74, 6) is 0.463. The zero-order valence-electron chi connectivity index (χ0n) is 20.9. The Bertz CT molecular complexity index is 909. The summed E-state index contributed by atoms with van der Waals surface area (Å²) in [6.07, 6.45) is 2.85. The minimum absolute atomic E-state index is 0.0757. The summed E-state index contributed by atoms with van der Waals surface area (Å²) < 4.78 is 0. The Balaban J connectivity index is 2.41. The van der Waals surface area contributed by atoms with Crippen molar-refractivity contribution in [3.05, 3.63) is 59.2 Å². The lowest BCUT2D eigenvalue weighted by atomic mass is 9.82. The van der Waals surface area contributed by atoms with Crippen LogP contribution in [0.25, 0.3) is 0 Å². The fourth-order valence-electron chi connectivity index (χ4n) is 4.41. The van der Waals surface area contributed by atoms with E-state index in [1.807, 2.05) is 50.2 Å². The fraction of sp³-hybridized carbons (Fsp3) is 0.500. The van der Waals surface area contributed by atoms with Crippen LogP contribution >= 0.6 is 0 Å². The zero-order chi connectivity index (χ0) is 24.5. The third kappa shape index (κ3) is 8.56. The molecule has 0 aliphatic heterocycles. The summed E-state index contributed by atoms with van der Waals surface area (Å²) in [5, 5.41) is 15.3. The van der Waals surface area contributed by atoms with Gasteiger partial charge in [-0.25, -0.2) is 4.79 Å². The predicted octanol–water partition coefficient (Wildman–Crippen LogP) is 7.78. The molecule has 2 rings (SSSR count). The van der Waals surface area contributed by atoms with Gasteiger partial charge >= 0.3 is 12.0 Å². The molecule has 2 amide bonds. The number of benzene rings is 2. The first-order chi connectivity index (χ1) is 15.6. The van der Waals surface area contributed by atoms with Gasteiger partial charge in [-0.2, -0.15) is 0 Å². The molecule has 180 valence electrons. The standard InChI is InChI=1S/C28H40N2O3/c1-7-21(17-27(31)32)22-10-13-25(23(14-18(2)3)15-19(4)5)26(16-22)30-28(33)29-24-11-8-20(6)9-12-24/h8-13,16,18-19,21,23H,7,14-15,17H2,1-6H3,(H,31,32)(H2,29,30,33). The third-order valence-corrected chi connectivity index (χ3v) is 5.97. The molecule has 33 heavy (non-hydrogen) atoms. The molecule has 0 spiro atoms. The molecule has 0 radical (unpaired) electrons. The average Bonchev–Trinajstić information content (AvgIpc) is 2.72. The van der Waals surface area contributed by atoms with E-state index in [0.717, 1.165) is 47.3 Å². The molecule has 3 N–H and O–H groups in total. The van der Waals surface area contributed by atoms with Crippen LogP contribution in [0.1, 0.15) is 88.8 Å². The fourth-order valence-corrected chi connectivity index (χ4v) is 4.41. The smallest absolute Gasteiger partial charge is 0.323 e. The van der Waals surface area contributed by atoms with E-state index in [0.29, 0.717) is 17.8 Å². The number of rotatable bonds is 11. The van der Waals surface area contributed by atoms with Crippen molar-refractivity contribution in [2.24, 2.45) is 11.8 Å². The van der Waals surface area contributed by atoms with E-state index < -0.39 is 5.97 Å². The molecule has 5 heteroatoms. The van der Waals surface area contributed by atoms with Crippen LogP contribution in [0.2, 0.25) is 0 Å². The second-order valence-corrected chi connectivity index (χ2v) is 9.95. The lowest BCUT2D eigenvalue weighted by molar-refractivity contribution is -0.137. The molecule has 0 saturated heterocycles. The van der Waals surface area contributed by atoms with Crippen LogP contribution in [0.15, 0.2) is 42.5 Å². The first-order valence-corrected chi connectivity index (χ1v) is 12.1. The summed E-state index contributed by atoms with van der Waals surface area (Å²) in [7, 11) is 0. The number of carbonyl (C=O) groups is 2. The Labute approximate surface area is 199 Å². The highest BCUT2D eigenvalue weighted by Gasteiger charge is 2.22. The highest BCUT2D eigenvalue weighted by Crippen LogP contribution is 2.37. The molecule has 0 fully saturated rings. The van der Waals surface area contributed by atoms with Gasteiger partial charge in [-0.05, 0) is 79.2 Å². The number of aryl methyl sites for hydroxylation is 1. The molecule has 0 aliphatic rings. The number of anilines is 2. The van der Waals surface area contributed by atoms with Crippen molar-refractivity contribution in [3.8, 4) is 0 Å². The van der Waals surface area contributed by atoms with Crippen LogP contribution < -0.4 is 10.6 Å². The molecule has 0 saturated carbocycles. The van der Waals surface area contributed by atoms with Crippen molar-refractivity contribution in [3.63, 3.8) is 0 Å². The van der Waals surface area contributed by atoms with Gasteiger partial charge in [0.1, 0.15) is 0 Å². The molecule has 1 unspecified atom stereocenters. The van der Waals surface area contributed by atoms with Gasteiger partial charge < -0.3 is 15.7 Å². The van der Waals surface area contributed by atoms with Gasteiger partial charge in [0.05, 0.1) is 6.42 Å². The summed E-state index contributed by atoms with van der Waals surface area (Å²) in [6.45, 7) is 12.9. The van der Waals surface area contributed by atoms with Crippen LogP contribution in [-0.2, 0) is 4.79 Å². The molecule has 0 heterocycles. The minimum atomic E-state index is -0.810. The number of hydrogen-bond donors (Lipinski definition) is 3. The van der Waals surface area contributed by atoms with E-state index in [4.69, 9.17) is 0 Å². The number of carbonyl (C=O) groups excluding carboxylic acids is 1. The second-order valence-electron chi connectivity index (χ2n) is 9.95. The van der Waals surface area contributed by atoms with Crippen LogP contribution in [0.5, 0.6) is 0 Å². The zero-order valence-corrected chi connectivity index (χ0v) is 20.9. The molecular formula is C28H40N2O3. The van der Waals surface area contributed by atoms with Crippen molar-refractivity contribution in [1.82, 2.24) is 0 Å². The highest BCUT2D eigenvalue weighted by atomic mass is 16.4. The minimum Gasteiger partial charge on any atom is -0.481 e. The number of urea groups is 1. The van der Waals surface area contributed by atoms with E-state index in [2.05, 4.69) is 44.4 Å². The summed E-state index contributed by atoms with van der Waals surface area (Å²) in [6, 6.07) is 13.5. The molecular weight excluding hydrogens is 412 g/mol. The largest absolute Gasteiger partial charge is 0.481 e. The lowest BCUT2D eigenvalue weighted by Crippen LogP contribution is -2.21. The van der Waals surface area contributed by atoms with Crippen molar-refractivity contribution >= 4 is 23.4 Å². The van der Waals surface area contributed by atoms with Crippen molar-refractivity contribution in [1.29, 1.82) is 0 Å². The molecule has 0 aliphatic carbocycles. The molecule has 2 aromatic carbocycles. The number of nitrogens with one attached hydrogen (secondary N) is 2. The number of aliphatic carboxylic acids is 1. The van der Waals surface area contributed by atoms with Crippen LogP contribution in [-0.4, -0.2) is 17.1 Å². The third-order valence-electron chi connectivity index (χ3n) is 5.97. The number of carboxylic acids is 1. The number of hydrogen-bond acceptors (Lipinski definition) is 2. The maximum atomic E-state index is 12.9. The van der Waals surface area contributed by atoms with Gasteiger partial charge in [0, 0.05) is 11.4 Å². The van der Waals surface area contributed by atoms with E-state index >= 15 is 0 Å². The normalized spacial score (nSPS) is 12.3. The van der Waals surface area contributed by atoms with Crippen LogP contribution in [0.3, 0.4) is 0 Å². The maximum absolute atomic E-state index is 12.9. The van der Waals surface area contributed by atoms with Gasteiger partial charge in [-0.1, -0.05) is 64.4 Å². The summed E-state index contributed by atoms with van der Waals surface area (Å²) >= 11 is 0. The van der Waals surface area contributed by atoms with E-state index in [1.54, 1.807) is 0 Å². The van der Waals surface area contributed by atoms with Crippen LogP contribution in [0.4, 0.5) is 16.2 Å². The van der Waals surface area contributed by atoms with Crippen molar-refractivity contribution < 1.29 is 14.7 Å². The van der Waals surface area contributed by atoms with E-state index in [9.17, 15) is 14.7 Å². The van der Waals surface area contributed by atoms with Gasteiger partial charge in [-0.15, -0.1) is 0 Å². The summed E-state index contributed by atoms with van der Waals surface area (Å²) in [4.78, 5) is 24.3. The SMILES string of the molecule is CCC(CC(=O)O)c1ccc(C(CC(C)C)CC(C)C)c(NC(=O)Nc2ccc(C)cc2)c1. The molecule has 0 bridgehead atoms. The lowest BCUT2D eigenvalue weighted by Gasteiger charge is -2.26. The second kappa shape index (κ2) is 12.4. The number of carboxylic acid groups (broad SMARTS) is 1. The van der Waals surface area contributed by atoms with Gasteiger partial charge in [0.2, 0.25) is 0 Å². The first-order valence-electron chi connectivity index (χ1n) is 12.1. The first kappa shape index (κ1) is 26.4. The Kier molecular flexibility index (Phi) is 9.95. The van der Waals surface area contributed by atoms with Crippen molar-refractivity contribution in [2.45, 2.75) is 79.1 Å². The Morgan fingerprint density at radius 1 is 0.879 bits per heavy atom. The average molecular weight is 453 g/mol.